The first-order valence-electron chi connectivity index (χ1n) is 6.08. The molecule has 88 valence electrons. The molecule has 3 rings (SSSR count). The zero-order chi connectivity index (χ0) is 11.2. The van der Waals surface area contributed by atoms with Gasteiger partial charge >= 0.3 is 0 Å². The smallest absolute Gasteiger partial charge is 0.0911 e. The van der Waals surface area contributed by atoms with E-state index in [0.29, 0.717) is 0 Å². The lowest BCUT2D eigenvalue weighted by Crippen LogP contribution is -2.49. The van der Waals surface area contributed by atoms with Crippen LogP contribution in [0.3, 0.4) is 0 Å². The average Bonchev–Trinajstić information content (AvgIpc) is 2.82. The van der Waals surface area contributed by atoms with Gasteiger partial charge in [0.05, 0.1) is 17.7 Å². The van der Waals surface area contributed by atoms with E-state index >= 15 is 0 Å². The van der Waals surface area contributed by atoms with Crippen LogP contribution in [0.1, 0.15) is 19.8 Å². The van der Waals surface area contributed by atoms with E-state index in [9.17, 15) is 0 Å². The lowest BCUT2D eigenvalue weighted by molar-refractivity contribution is 0.329. The molecule has 1 saturated carbocycles. The first-order valence-corrected chi connectivity index (χ1v) is 6.85. The number of nitrogens with zero attached hydrogens (tertiary/aromatic N) is 2. The Labute approximate surface area is 102 Å². The molecular weight excluding hydrogens is 218 g/mol. The third kappa shape index (κ3) is 1.63. The van der Waals surface area contributed by atoms with Crippen molar-refractivity contribution in [3.05, 3.63) is 11.6 Å². The van der Waals surface area contributed by atoms with Crippen molar-refractivity contribution in [2.45, 2.75) is 25.3 Å². The maximum Gasteiger partial charge on any atom is 0.0911 e. The molecule has 0 saturated heterocycles. The summed E-state index contributed by atoms with van der Waals surface area (Å²) in [6.07, 6.45) is 7.09. The number of likely N-dealkylation sites (N-methyl/N-ethyl adjacent to an activating group) is 1. The molecule has 3 atom stereocenters. The van der Waals surface area contributed by atoms with E-state index in [2.05, 4.69) is 40.3 Å². The molecule has 0 spiro atoms. The van der Waals surface area contributed by atoms with Gasteiger partial charge in [0.15, 0.2) is 0 Å². The van der Waals surface area contributed by atoms with Gasteiger partial charge in [0.25, 0.3) is 0 Å². The van der Waals surface area contributed by atoms with Crippen molar-refractivity contribution in [2.24, 2.45) is 16.2 Å². The fraction of sp³-hybridized carbons (Fsp3) is 0.750. The average molecular weight is 237 g/mol. The Morgan fingerprint density at radius 1 is 1.62 bits per heavy atom. The zero-order valence-electron chi connectivity index (χ0n) is 9.94. The Balaban J connectivity index is 1.88. The summed E-state index contributed by atoms with van der Waals surface area (Å²) in [7, 11) is 2.20. The number of rotatable bonds is 2. The van der Waals surface area contributed by atoms with Crippen LogP contribution in [0.4, 0.5) is 0 Å². The van der Waals surface area contributed by atoms with Gasteiger partial charge in [-0.3, -0.25) is 0 Å². The minimum atomic E-state index is 0.0682. The molecule has 0 amide bonds. The molecule has 3 aliphatic rings. The van der Waals surface area contributed by atoms with Crippen molar-refractivity contribution >= 4 is 18.3 Å². The van der Waals surface area contributed by atoms with E-state index in [4.69, 9.17) is 0 Å². The quantitative estimate of drug-likeness (QED) is 0.587. The monoisotopic (exact) mass is 237 g/mol. The fourth-order valence-corrected chi connectivity index (χ4v) is 3.70. The normalized spacial score (nSPS) is 43.5. The van der Waals surface area contributed by atoms with Crippen LogP contribution in [0.25, 0.3) is 0 Å². The molecular formula is C12H19N3S. The van der Waals surface area contributed by atoms with Gasteiger partial charge in [-0.25, -0.2) is 9.12 Å². The lowest BCUT2D eigenvalue weighted by Gasteiger charge is -2.35. The highest BCUT2D eigenvalue weighted by atomic mass is 32.2. The molecule has 3 nitrogen and oxygen atoms in total. The van der Waals surface area contributed by atoms with Crippen LogP contribution in [-0.2, 0) is 0 Å². The van der Waals surface area contributed by atoms with Gasteiger partial charge in [0.1, 0.15) is 0 Å². The highest BCUT2D eigenvalue weighted by Crippen LogP contribution is 2.50. The van der Waals surface area contributed by atoms with Crippen LogP contribution in [0.15, 0.2) is 16.0 Å². The zero-order valence-corrected chi connectivity index (χ0v) is 10.8. The molecule has 1 fully saturated rings. The summed E-state index contributed by atoms with van der Waals surface area (Å²) in [5.41, 5.74) is 1.60. The SMILES string of the molecule is CC1CC1C1(C2=CCCN(C)C2)C=NSN1. The number of nitrogens with one attached hydrogen (secondary N) is 1. The largest absolute Gasteiger partial charge is 0.302 e. The molecule has 0 aromatic rings. The topological polar surface area (TPSA) is 27.6 Å². The van der Waals surface area contributed by atoms with E-state index in [1.54, 1.807) is 0 Å². The molecule has 1 N–H and O–H groups in total. The van der Waals surface area contributed by atoms with Gasteiger partial charge in [-0.1, -0.05) is 13.0 Å². The van der Waals surface area contributed by atoms with Crippen molar-refractivity contribution in [1.29, 1.82) is 0 Å². The first-order chi connectivity index (χ1) is 7.72. The van der Waals surface area contributed by atoms with Crippen LogP contribution in [0, 0.1) is 11.8 Å². The predicted octanol–water partition coefficient (Wildman–Crippen LogP) is 1.88. The third-order valence-corrected chi connectivity index (χ3v) is 4.73. The van der Waals surface area contributed by atoms with Crippen LogP contribution in [0.5, 0.6) is 0 Å². The second-order valence-electron chi connectivity index (χ2n) is 5.37. The van der Waals surface area contributed by atoms with Crippen LogP contribution in [0.2, 0.25) is 0 Å². The van der Waals surface area contributed by atoms with E-state index in [-0.39, 0.29) is 5.54 Å². The summed E-state index contributed by atoms with van der Waals surface area (Å²) >= 11 is 1.51. The maximum atomic E-state index is 4.35. The Morgan fingerprint density at radius 3 is 3.00 bits per heavy atom. The molecule has 0 bridgehead atoms. The number of hydrogen-bond acceptors (Lipinski definition) is 4. The summed E-state index contributed by atoms with van der Waals surface area (Å²) in [6.45, 7) is 4.62. The molecule has 4 heteroatoms. The molecule has 2 aliphatic heterocycles. The van der Waals surface area contributed by atoms with Crippen LogP contribution < -0.4 is 4.72 Å². The summed E-state index contributed by atoms with van der Waals surface area (Å²) in [5, 5.41) is 0. The van der Waals surface area contributed by atoms with Gasteiger partial charge in [0.2, 0.25) is 0 Å². The van der Waals surface area contributed by atoms with E-state index in [1.807, 2.05) is 0 Å². The second kappa shape index (κ2) is 3.86. The Kier molecular flexibility index (Phi) is 2.61. The van der Waals surface area contributed by atoms with E-state index < -0.39 is 0 Å². The maximum absolute atomic E-state index is 4.35. The van der Waals surface area contributed by atoms with Gasteiger partial charge < -0.3 is 4.90 Å². The summed E-state index contributed by atoms with van der Waals surface area (Å²) < 4.78 is 7.91. The Bertz CT molecular complexity index is 352. The molecule has 0 aromatic carbocycles. The molecule has 16 heavy (non-hydrogen) atoms. The minimum Gasteiger partial charge on any atom is -0.302 e. The highest BCUT2D eigenvalue weighted by Gasteiger charge is 2.53. The van der Waals surface area contributed by atoms with Crippen molar-refractivity contribution in [3.63, 3.8) is 0 Å². The lowest BCUT2D eigenvalue weighted by atomic mass is 9.83. The second-order valence-corrected chi connectivity index (χ2v) is 5.97. The summed E-state index contributed by atoms with van der Waals surface area (Å²) in [6, 6.07) is 0. The summed E-state index contributed by atoms with van der Waals surface area (Å²) in [5.74, 6) is 1.59. The molecule has 1 aliphatic carbocycles. The van der Waals surface area contributed by atoms with Gasteiger partial charge in [-0.05, 0) is 37.3 Å². The van der Waals surface area contributed by atoms with Gasteiger partial charge in [-0.15, -0.1) is 0 Å². The molecule has 0 radical (unpaired) electrons. The minimum absolute atomic E-state index is 0.0682. The van der Waals surface area contributed by atoms with E-state index in [0.717, 1.165) is 18.4 Å². The standard InChI is InChI=1S/C12H19N3S/c1-9-6-11(9)12(8-13-16-14-12)10-4-3-5-15(2)7-10/h4,8-9,11,14H,3,5-7H2,1-2H3. The summed E-state index contributed by atoms with van der Waals surface area (Å²) in [4.78, 5) is 2.41. The predicted molar refractivity (Wildman–Crippen MR) is 69.4 cm³/mol. The molecule has 2 heterocycles. The Hall–Kier alpha value is -0.320. The third-order valence-electron chi connectivity index (χ3n) is 4.09. The number of hydrogen-bond donors (Lipinski definition) is 1. The molecule has 3 unspecified atom stereocenters. The fourth-order valence-electron chi connectivity index (χ4n) is 2.95. The van der Waals surface area contributed by atoms with Crippen LogP contribution in [-0.4, -0.2) is 36.8 Å². The van der Waals surface area contributed by atoms with Crippen LogP contribution >= 0.6 is 12.1 Å². The van der Waals surface area contributed by atoms with E-state index in [1.165, 1.54) is 37.1 Å². The van der Waals surface area contributed by atoms with Gasteiger partial charge in [0, 0.05) is 19.3 Å². The van der Waals surface area contributed by atoms with Crippen molar-refractivity contribution in [1.82, 2.24) is 9.62 Å². The molecule has 0 aromatic heterocycles. The Morgan fingerprint density at radius 2 is 2.44 bits per heavy atom. The highest BCUT2D eigenvalue weighted by molar-refractivity contribution is 7.96. The van der Waals surface area contributed by atoms with Crippen molar-refractivity contribution in [2.75, 3.05) is 20.1 Å². The van der Waals surface area contributed by atoms with Gasteiger partial charge in [-0.2, -0.15) is 0 Å². The van der Waals surface area contributed by atoms with Crippen molar-refractivity contribution < 1.29 is 0 Å². The van der Waals surface area contributed by atoms with Crippen molar-refractivity contribution in [3.8, 4) is 0 Å². The first kappa shape index (κ1) is 10.8.